The maximum Gasteiger partial charge on any atom is 0.416 e. The van der Waals surface area contributed by atoms with Gasteiger partial charge < -0.3 is 5.73 Å². The summed E-state index contributed by atoms with van der Waals surface area (Å²) in [5, 5.41) is 12.0. The van der Waals surface area contributed by atoms with Crippen LogP contribution in [0.5, 0.6) is 0 Å². The first-order valence-electron chi connectivity index (χ1n) is 6.09. The van der Waals surface area contributed by atoms with Gasteiger partial charge in [-0.15, -0.1) is 3.63 Å². The van der Waals surface area contributed by atoms with Crippen LogP contribution in [0.25, 0.3) is 5.69 Å². The van der Waals surface area contributed by atoms with Crippen molar-refractivity contribution in [2.24, 2.45) is 0 Å². The van der Waals surface area contributed by atoms with Crippen LogP contribution in [-0.4, -0.2) is 27.3 Å². The molecule has 0 unspecified atom stereocenters. The summed E-state index contributed by atoms with van der Waals surface area (Å²) in [5.74, 6) is 0.0325. The molecule has 0 aliphatic heterocycles. The van der Waals surface area contributed by atoms with Crippen molar-refractivity contribution in [2.45, 2.75) is 6.18 Å². The van der Waals surface area contributed by atoms with Crippen LogP contribution in [0.2, 0.25) is 10.0 Å². The Balaban J connectivity index is 0.000000445. The monoisotopic (exact) mass is 466 g/mol. The molecule has 0 saturated carbocycles. The summed E-state index contributed by atoms with van der Waals surface area (Å²) >= 11 is 6.34. The van der Waals surface area contributed by atoms with Crippen LogP contribution in [0.1, 0.15) is 11.3 Å². The van der Waals surface area contributed by atoms with Gasteiger partial charge in [0.15, 0.2) is 5.69 Å². The number of rotatable bonds is 3. The number of hydrogen-bond acceptors (Lipinski definition) is 6. The summed E-state index contributed by atoms with van der Waals surface area (Å²) in [4.78, 5) is 0. The first-order valence-corrected chi connectivity index (χ1v) is 8.91. The van der Waals surface area contributed by atoms with Crippen LogP contribution in [0.15, 0.2) is 18.2 Å². The van der Waals surface area contributed by atoms with Crippen molar-refractivity contribution in [3.05, 3.63) is 39.5 Å². The third-order valence-corrected chi connectivity index (χ3v) is 4.03. The minimum Gasteiger partial charge on any atom is -0.384 e. The van der Waals surface area contributed by atoms with Crippen LogP contribution in [0, 0.1) is 11.3 Å². The highest BCUT2D eigenvalue weighted by Crippen LogP contribution is 2.38. The van der Waals surface area contributed by atoms with Crippen LogP contribution in [0.4, 0.5) is 19.0 Å². The Morgan fingerprint density at radius 2 is 1.67 bits per heavy atom. The van der Waals surface area contributed by atoms with Crippen LogP contribution in [-0.2, 0) is 32.5 Å². The summed E-state index contributed by atoms with van der Waals surface area (Å²) in [6, 6.07) is 4.45. The molecule has 1 aromatic carbocycles. The molecule has 1 aromatic heterocycles. The van der Waals surface area contributed by atoms with E-state index >= 15 is 0 Å². The highest BCUT2D eigenvalue weighted by molar-refractivity contribution is 7.87. The zero-order chi connectivity index (χ0) is 20.9. The molecule has 16 heteroatoms. The van der Waals surface area contributed by atoms with Crippen molar-refractivity contribution in [2.75, 3.05) is 5.73 Å². The van der Waals surface area contributed by atoms with E-state index in [0.717, 1.165) is 16.8 Å². The highest BCUT2D eigenvalue weighted by atomic mass is 35.5. The lowest BCUT2D eigenvalue weighted by Gasteiger charge is -2.13. The fourth-order valence-electron chi connectivity index (χ4n) is 1.61. The Morgan fingerprint density at radius 3 is 1.96 bits per heavy atom. The standard InChI is InChI=1S/C11H5Cl2F3N4.H2O5S2/c12-7-1-5(11(14,15)16)2-8(13)10(7)20-9(18)3-6(4-17)19-20;1-6(2)5-7(3)4/h1-3H,18H2;(H,1,2)(H,3,4). The second-order valence-corrected chi connectivity index (χ2v) is 6.49. The molecule has 0 fully saturated rings. The molecule has 1 heterocycles. The predicted octanol–water partition coefficient (Wildman–Crippen LogP) is 2.93. The van der Waals surface area contributed by atoms with Gasteiger partial charge in [-0.05, 0) is 12.1 Å². The number of alkyl halides is 3. The minimum absolute atomic E-state index is 0.00506. The Morgan fingerprint density at radius 1 is 1.19 bits per heavy atom. The number of anilines is 1. The number of aromatic nitrogens is 2. The van der Waals surface area contributed by atoms with E-state index in [1.165, 1.54) is 6.07 Å². The first-order chi connectivity index (χ1) is 12.4. The van der Waals surface area contributed by atoms with E-state index in [9.17, 15) is 21.6 Å². The lowest BCUT2D eigenvalue weighted by molar-refractivity contribution is -0.137. The largest absolute Gasteiger partial charge is 0.416 e. The predicted molar refractivity (Wildman–Crippen MR) is 90.3 cm³/mol. The van der Waals surface area contributed by atoms with Crippen molar-refractivity contribution in [1.29, 1.82) is 5.26 Å². The molecule has 0 saturated heterocycles. The highest BCUT2D eigenvalue weighted by Gasteiger charge is 2.32. The number of nitrogens with two attached hydrogens (primary N) is 1. The number of halogens is 5. The molecule has 4 N–H and O–H groups in total. The van der Waals surface area contributed by atoms with Gasteiger partial charge in [-0.1, -0.05) is 23.2 Å². The van der Waals surface area contributed by atoms with Gasteiger partial charge >= 0.3 is 28.9 Å². The van der Waals surface area contributed by atoms with Gasteiger partial charge in [-0.25, -0.2) is 4.68 Å². The Labute approximate surface area is 164 Å². The summed E-state index contributed by atoms with van der Waals surface area (Å²) < 4.78 is 76.1. The van der Waals surface area contributed by atoms with Crippen LogP contribution >= 0.6 is 23.2 Å². The molecule has 2 aromatic rings. The number of nitrogens with zero attached hydrogens (tertiary/aromatic N) is 3. The van der Waals surface area contributed by atoms with Gasteiger partial charge in [-0.2, -0.15) is 31.9 Å². The molecular weight excluding hydrogens is 460 g/mol. The molecule has 0 spiro atoms. The molecule has 0 atom stereocenters. The van der Waals surface area contributed by atoms with Crippen molar-refractivity contribution in [3.8, 4) is 11.8 Å². The zero-order valence-electron chi connectivity index (χ0n) is 12.5. The summed E-state index contributed by atoms with van der Waals surface area (Å²) in [5.41, 5.74) is 4.62. The third-order valence-electron chi connectivity index (χ3n) is 2.52. The smallest absolute Gasteiger partial charge is 0.384 e. The molecule has 27 heavy (non-hydrogen) atoms. The number of nitriles is 1. The summed E-state index contributed by atoms with van der Waals surface area (Å²) in [6.07, 6.45) is -4.57. The minimum atomic E-state index is -4.57. The number of nitrogen functional groups attached to an aromatic ring is 1. The van der Waals surface area contributed by atoms with Crippen LogP contribution < -0.4 is 5.73 Å². The van der Waals surface area contributed by atoms with Crippen LogP contribution in [0.3, 0.4) is 0 Å². The Bertz CT molecular complexity index is 897. The summed E-state index contributed by atoms with van der Waals surface area (Å²) in [6.45, 7) is 0. The topological polar surface area (TPSA) is 151 Å². The fraction of sp³-hybridized carbons (Fsp3) is 0.0909. The Hall–Kier alpha value is -1.73. The lowest BCUT2D eigenvalue weighted by Crippen LogP contribution is -2.08. The maximum absolute atomic E-state index is 12.6. The van der Waals surface area contributed by atoms with Gasteiger partial charge in [0.1, 0.15) is 17.6 Å². The van der Waals surface area contributed by atoms with Crippen molar-refractivity contribution in [1.82, 2.24) is 9.78 Å². The molecule has 0 amide bonds. The number of hydrogen-bond donors (Lipinski definition) is 3. The van der Waals surface area contributed by atoms with E-state index in [4.69, 9.17) is 43.3 Å². The summed E-state index contributed by atoms with van der Waals surface area (Å²) in [7, 11) is 0. The van der Waals surface area contributed by atoms with Gasteiger partial charge in [-0.3, -0.25) is 9.11 Å². The van der Waals surface area contributed by atoms with E-state index in [-0.39, 0.29) is 27.2 Å². The zero-order valence-corrected chi connectivity index (χ0v) is 15.6. The van der Waals surface area contributed by atoms with E-state index < -0.39 is 34.5 Å². The van der Waals surface area contributed by atoms with Gasteiger partial charge in [0.2, 0.25) is 0 Å². The molecule has 148 valence electrons. The second-order valence-electron chi connectivity index (χ2n) is 4.27. The molecule has 2 rings (SSSR count). The lowest BCUT2D eigenvalue weighted by atomic mass is 10.2. The van der Waals surface area contributed by atoms with Gasteiger partial charge in [0.25, 0.3) is 0 Å². The molecule has 0 bridgehead atoms. The van der Waals surface area contributed by atoms with Gasteiger partial charge in [0.05, 0.1) is 15.6 Å². The maximum atomic E-state index is 12.6. The normalized spacial score (nSPS) is 13.3. The second kappa shape index (κ2) is 9.46. The van der Waals surface area contributed by atoms with E-state index in [0.29, 0.717) is 0 Å². The number of benzene rings is 1. The van der Waals surface area contributed by atoms with Crippen molar-refractivity contribution >= 4 is 51.7 Å². The molecular formula is C11H7Cl2F3N4O5S2. The SMILES string of the molecule is N#Cc1cc(N)n(-c2c(Cl)cc(C(F)(F)F)cc2Cl)n1.O=S(O)OS(=O)O. The molecule has 0 aliphatic rings. The van der Waals surface area contributed by atoms with E-state index in [1.807, 2.05) is 0 Å². The van der Waals surface area contributed by atoms with E-state index in [2.05, 4.69) is 8.73 Å². The van der Waals surface area contributed by atoms with Crippen molar-refractivity contribution in [3.63, 3.8) is 0 Å². The van der Waals surface area contributed by atoms with E-state index in [1.54, 1.807) is 6.07 Å². The fourth-order valence-corrected chi connectivity index (χ4v) is 2.66. The molecule has 0 radical (unpaired) electrons. The third kappa shape index (κ3) is 6.74. The Kier molecular flexibility index (Phi) is 8.17. The average Bonchev–Trinajstić information content (AvgIpc) is 2.86. The quantitative estimate of drug-likeness (QED) is 0.583. The molecule has 9 nitrogen and oxygen atoms in total. The average molecular weight is 467 g/mol. The van der Waals surface area contributed by atoms with Gasteiger partial charge in [0, 0.05) is 6.07 Å². The first kappa shape index (κ1) is 23.3. The van der Waals surface area contributed by atoms with Crippen molar-refractivity contribution < 1.29 is 34.3 Å². The molecule has 0 aliphatic carbocycles.